The molecule has 0 fully saturated rings. The monoisotopic (exact) mass is 177 g/mol. The van der Waals surface area contributed by atoms with Crippen LogP contribution in [0.5, 0.6) is 0 Å². The van der Waals surface area contributed by atoms with Crippen LogP contribution >= 0.6 is 0 Å². The van der Waals surface area contributed by atoms with E-state index in [1.165, 1.54) is 11.1 Å². The molecule has 2 rings (SSSR count). The van der Waals surface area contributed by atoms with Crippen LogP contribution in [0.2, 0.25) is 0 Å². The zero-order chi connectivity index (χ0) is 9.42. The first-order chi connectivity index (χ1) is 6.18. The minimum atomic E-state index is -0.462. The fourth-order valence-corrected chi connectivity index (χ4v) is 1.72. The van der Waals surface area contributed by atoms with Crippen LogP contribution in [0.4, 0.5) is 0 Å². The van der Waals surface area contributed by atoms with E-state index in [4.69, 9.17) is 0 Å². The lowest BCUT2D eigenvalue weighted by Crippen LogP contribution is -2.09. The Labute approximate surface area is 78.6 Å². The van der Waals surface area contributed by atoms with E-state index in [0.29, 0.717) is 5.92 Å². The quantitative estimate of drug-likeness (QED) is 0.686. The van der Waals surface area contributed by atoms with Crippen LogP contribution in [0, 0.1) is 0 Å². The van der Waals surface area contributed by atoms with Crippen molar-refractivity contribution in [1.82, 2.24) is 5.32 Å². The van der Waals surface area contributed by atoms with Crippen molar-refractivity contribution < 1.29 is 5.11 Å². The van der Waals surface area contributed by atoms with Gasteiger partial charge in [0.1, 0.15) is 6.23 Å². The van der Waals surface area contributed by atoms with Gasteiger partial charge in [0.05, 0.1) is 0 Å². The summed E-state index contributed by atoms with van der Waals surface area (Å²) in [5, 5.41) is 12.5. The molecule has 1 aromatic rings. The summed E-state index contributed by atoms with van der Waals surface area (Å²) < 4.78 is 0. The molecule has 1 aliphatic heterocycles. The van der Waals surface area contributed by atoms with Gasteiger partial charge in [0.15, 0.2) is 0 Å². The van der Waals surface area contributed by atoms with Crippen molar-refractivity contribution in [3.8, 4) is 0 Å². The van der Waals surface area contributed by atoms with Crippen molar-refractivity contribution in [2.75, 3.05) is 0 Å². The third-order valence-corrected chi connectivity index (χ3v) is 2.61. The lowest BCUT2D eigenvalue weighted by Gasteiger charge is -2.08. The van der Waals surface area contributed by atoms with E-state index < -0.39 is 6.23 Å². The maximum Gasteiger partial charge on any atom is 0.131 e. The summed E-state index contributed by atoms with van der Waals surface area (Å²) in [6, 6.07) is 6.30. The van der Waals surface area contributed by atoms with E-state index in [2.05, 4.69) is 31.3 Å². The second-order valence-corrected chi connectivity index (χ2v) is 3.90. The van der Waals surface area contributed by atoms with E-state index in [1.807, 2.05) is 6.07 Å². The van der Waals surface area contributed by atoms with Gasteiger partial charge in [-0.05, 0) is 22.6 Å². The number of hydrogen-bond acceptors (Lipinski definition) is 2. The van der Waals surface area contributed by atoms with Crippen LogP contribution in [0.3, 0.4) is 0 Å². The number of nitrogens with one attached hydrogen (secondary N) is 1. The number of fused-ring (bicyclic) bond motifs is 1. The molecule has 0 spiro atoms. The number of hydrogen-bond donors (Lipinski definition) is 2. The molecule has 0 bridgehead atoms. The Hall–Kier alpha value is -0.860. The Morgan fingerprint density at radius 2 is 2.23 bits per heavy atom. The first-order valence-corrected chi connectivity index (χ1v) is 4.72. The van der Waals surface area contributed by atoms with E-state index in [0.717, 1.165) is 12.1 Å². The van der Waals surface area contributed by atoms with E-state index in [1.54, 1.807) is 0 Å². The summed E-state index contributed by atoms with van der Waals surface area (Å²) in [7, 11) is 0. The highest BCUT2D eigenvalue weighted by Gasteiger charge is 2.19. The largest absolute Gasteiger partial charge is 0.374 e. The maximum absolute atomic E-state index is 9.50. The summed E-state index contributed by atoms with van der Waals surface area (Å²) in [6.07, 6.45) is -0.462. The molecule has 2 nitrogen and oxygen atoms in total. The van der Waals surface area contributed by atoms with Crippen LogP contribution < -0.4 is 5.32 Å². The number of aliphatic hydroxyl groups excluding tert-OH is 1. The van der Waals surface area contributed by atoms with Gasteiger partial charge in [-0.1, -0.05) is 32.0 Å². The topological polar surface area (TPSA) is 32.3 Å². The zero-order valence-corrected chi connectivity index (χ0v) is 8.04. The molecule has 0 amide bonds. The van der Waals surface area contributed by atoms with Crippen molar-refractivity contribution in [2.24, 2.45) is 0 Å². The van der Waals surface area contributed by atoms with Crippen LogP contribution in [0.15, 0.2) is 18.2 Å². The van der Waals surface area contributed by atoms with Gasteiger partial charge >= 0.3 is 0 Å². The average molecular weight is 177 g/mol. The second-order valence-electron chi connectivity index (χ2n) is 3.90. The van der Waals surface area contributed by atoms with E-state index in [-0.39, 0.29) is 0 Å². The lowest BCUT2D eigenvalue weighted by atomic mass is 9.98. The van der Waals surface area contributed by atoms with Crippen LogP contribution in [0.1, 0.15) is 42.7 Å². The SMILES string of the molecule is CC(C)c1ccc2c(c1)CNC2O. The minimum Gasteiger partial charge on any atom is -0.374 e. The first kappa shape index (κ1) is 8.73. The molecule has 2 heteroatoms. The fraction of sp³-hybridized carbons (Fsp3) is 0.455. The highest BCUT2D eigenvalue weighted by atomic mass is 16.3. The number of benzene rings is 1. The minimum absolute atomic E-state index is 0.462. The summed E-state index contributed by atoms with van der Waals surface area (Å²) in [6.45, 7) is 5.15. The average Bonchev–Trinajstić information content (AvgIpc) is 2.47. The predicted molar refractivity (Wildman–Crippen MR) is 52.3 cm³/mol. The summed E-state index contributed by atoms with van der Waals surface area (Å²) >= 11 is 0. The summed E-state index contributed by atoms with van der Waals surface area (Å²) in [4.78, 5) is 0. The molecule has 0 aliphatic carbocycles. The standard InChI is InChI=1S/C11H15NO/c1-7(2)8-3-4-10-9(5-8)6-12-11(10)13/h3-5,7,11-13H,6H2,1-2H3. The molecule has 0 saturated carbocycles. The molecular weight excluding hydrogens is 162 g/mol. The molecule has 0 radical (unpaired) electrons. The third-order valence-electron chi connectivity index (χ3n) is 2.61. The molecule has 2 N–H and O–H groups in total. The number of rotatable bonds is 1. The zero-order valence-electron chi connectivity index (χ0n) is 8.04. The smallest absolute Gasteiger partial charge is 0.131 e. The van der Waals surface area contributed by atoms with Crippen molar-refractivity contribution in [1.29, 1.82) is 0 Å². The first-order valence-electron chi connectivity index (χ1n) is 4.72. The van der Waals surface area contributed by atoms with Gasteiger partial charge in [0.25, 0.3) is 0 Å². The molecule has 1 heterocycles. The second kappa shape index (κ2) is 3.13. The molecular formula is C11H15NO. The highest BCUT2D eigenvalue weighted by molar-refractivity contribution is 5.37. The van der Waals surface area contributed by atoms with Gasteiger partial charge in [-0.25, -0.2) is 0 Å². The Balaban J connectivity index is 2.40. The highest BCUT2D eigenvalue weighted by Crippen LogP contribution is 2.26. The molecule has 1 aromatic carbocycles. The van der Waals surface area contributed by atoms with E-state index >= 15 is 0 Å². The van der Waals surface area contributed by atoms with Gasteiger partial charge in [-0.15, -0.1) is 0 Å². The van der Waals surface area contributed by atoms with Gasteiger partial charge in [0, 0.05) is 6.54 Å². The van der Waals surface area contributed by atoms with Gasteiger partial charge < -0.3 is 5.11 Å². The van der Waals surface area contributed by atoms with Crippen molar-refractivity contribution in [3.05, 3.63) is 34.9 Å². The fourth-order valence-electron chi connectivity index (χ4n) is 1.72. The molecule has 70 valence electrons. The summed E-state index contributed by atoms with van der Waals surface area (Å²) in [5.74, 6) is 0.558. The molecule has 13 heavy (non-hydrogen) atoms. The molecule has 0 aromatic heterocycles. The molecule has 0 saturated heterocycles. The normalized spacial score (nSPS) is 20.8. The van der Waals surface area contributed by atoms with Crippen LogP contribution in [0.25, 0.3) is 0 Å². The van der Waals surface area contributed by atoms with E-state index in [9.17, 15) is 5.11 Å². The van der Waals surface area contributed by atoms with Gasteiger partial charge in [-0.3, -0.25) is 5.32 Å². The van der Waals surface area contributed by atoms with Crippen molar-refractivity contribution >= 4 is 0 Å². The molecule has 1 atom stereocenters. The van der Waals surface area contributed by atoms with Crippen LogP contribution in [-0.2, 0) is 6.54 Å². The Morgan fingerprint density at radius 1 is 1.46 bits per heavy atom. The molecule has 1 unspecified atom stereocenters. The Morgan fingerprint density at radius 3 is 2.92 bits per heavy atom. The summed E-state index contributed by atoms with van der Waals surface area (Å²) in [5.41, 5.74) is 3.61. The molecule has 1 aliphatic rings. The number of aliphatic hydroxyl groups is 1. The van der Waals surface area contributed by atoms with Crippen molar-refractivity contribution in [3.63, 3.8) is 0 Å². The maximum atomic E-state index is 9.50. The third kappa shape index (κ3) is 1.47. The lowest BCUT2D eigenvalue weighted by molar-refractivity contribution is 0.151. The predicted octanol–water partition coefficient (Wildman–Crippen LogP) is 1.90. The van der Waals surface area contributed by atoms with Crippen LogP contribution in [-0.4, -0.2) is 5.11 Å². The Kier molecular flexibility index (Phi) is 2.10. The van der Waals surface area contributed by atoms with Gasteiger partial charge in [0.2, 0.25) is 0 Å². The van der Waals surface area contributed by atoms with Gasteiger partial charge in [-0.2, -0.15) is 0 Å². The van der Waals surface area contributed by atoms with Crippen molar-refractivity contribution in [2.45, 2.75) is 32.5 Å². The Bertz CT molecular complexity index is 320.